The van der Waals surface area contributed by atoms with Crippen LogP contribution >= 0.6 is 0 Å². The average Bonchev–Trinajstić information content (AvgIpc) is 2.38. The zero-order valence-electron chi connectivity index (χ0n) is 11.7. The number of rotatable bonds is 7. The van der Waals surface area contributed by atoms with Gasteiger partial charge in [0.05, 0.1) is 7.11 Å². The standard InChI is InChI=1S/C15H21NO3/c1-4-13-10-12(7-8-14(13)19-3)11-16(2)9-5-6-15(17)18/h5-8,10H,4,9,11H2,1-3H3,(H,17,18)/b6-5+. The molecule has 4 heteroatoms. The lowest BCUT2D eigenvalue weighted by atomic mass is 10.1. The van der Waals surface area contributed by atoms with Crippen LogP contribution in [0.5, 0.6) is 5.75 Å². The molecule has 0 heterocycles. The van der Waals surface area contributed by atoms with Crippen LogP contribution in [0.25, 0.3) is 0 Å². The van der Waals surface area contributed by atoms with E-state index in [-0.39, 0.29) is 0 Å². The number of hydrogen-bond donors (Lipinski definition) is 1. The van der Waals surface area contributed by atoms with E-state index >= 15 is 0 Å². The summed E-state index contributed by atoms with van der Waals surface area (Å²) in [5.74, 6) is 0.00536. The number of likely N-dealkylation sites (N-methyl/N-ethyl adjacent to an activating group) is 1. The summed E-state index contributed by atoms with van der Waals surface area (Å²) in [7, 11) is 3.64. The van der Waals surface area contributed by atoms with Crippen LogP contribution in [0, 0.1) is 0 Å². The first-order valence-corrected chi connectivity index (χ1v) is 6.30. The molecule has 0 amide bonds. The molecule has 1 aromatic carbocycles. The maximum atomic E-state index is 10.4. The molecule has 0 aromatic heterocycles. The maximum absolute atomic E-state index is 10.4. The van der Waals surface area contributed by atoms with Crippen molar-refractivity contribution in [3.05, 3.63) is 41.5 Å². The van der Waals surface area contributed by atoms with E-state index in [0.29, 0.717) is 6.54 Å². The molecule has 0 fully saturated rings. The highest BCUT2D eigenvalue weighted by Gasteiger charge is 2.04. The number of ether oxygens (including phenoxy) is 1. The molecule has 0 saturated heterocycles. The number of aryl methyl sites for hydroxylation is 1. The Morgan fingerprint density at radius 2 is 2.21 bits per heavy atom. The minimum Gasteiger partial charge on any atom is -0.496 e. The first kappa shape index (κ1) is 15.2. The Bertz CT molecular complexity index is 455. The third-order valence-electron chi connectivity index (χ3n) is 2.86. The molecule has 1 N–H and O–H groups in total. The smallest absolute Gasteiger partial charge is 0.328 e. The average molecular weight is 263 g/mol. The predicted molar refractivity (Wildman–Crippen MR) is 75.5 cm³/mol. The van der Waals surface area contributed by atoms with Gasteiger partial charge in [0.1, 0.15) is 5.75 Å². The SMILES string of the molecule is CCc1cc(CN(C)C/C=C/C(=O)O)ccc1OC. The van der Waals surface area contributed by atoms with Crippen molar-refractivity contribution in [3.8, 4) is 5.75 Å². The normalized spacial score (nSPS) is 11.2. The van der Waals surface area contributed by atoms with Gasteiger partial charge in [0.2, 0.25) is 0 Å². The Morgan fingerprint density at radius 3 is 2.79 bits per heavy atom. The molecule has 0 unspecified atom stereocenters. The highest BCUT2D eigenvalue weighted by molar-refractivity contribution is 5.79. The number of carboxylic acids is 1. The Morgan fingerprint density at radius 1 is 1.47 bits per heavy atom. The molecule has 0 atom stereocenters. The molecule has 0 aliphatic carbocycles. The molecule has 19 heavy (non-hydrogen) atoms. The summed E-state index contributed by atoms with van der Waals surface area (Å²) in [5.41, 5.74) is 2.39. The van der Waals surface area contributed by atoms with Gasteiger partial charge < -0.3 is 9.84 Å². The van der Waals surface area contributed by atoms with Gasteiger partial charge in [-0.1, -0.05) is 25.1 Å². The van der Waals surface area contributed by atoms with Gasteiger partial charge in [0.25, 0.3) is 0 Å². The van der Waals surface area contributed by atoms with Crippen molar-refractivity contribution >= 4 is 5.97 Å². The molecule has 0 spiro atoms. The highest BCUT2D eigenvalue weighted by atomic mass is 16.5. The Hall–Kier alpha value is -1.81. The summed E-state index contributed by atoms with van der Waals surface area (Å²) in [6.07, 6.45) is 3.74. The summed E-state index contributed by atoms with van der Waals surface area (Å²) >= 11 is 0. The fraction of sp³-hybridized carbons (Fsp3) is 0.400. The number of methoxy groups -OCH3 is 1. The minimum absolute atomic E-state index is 0.611. The van der Waals surface area contributed by atoms with Crippen LogP contribution in [-0.4, -0.2) is 36.7 Å². The molecule has 0 saturated carbocycles. The van der Waals surface area contributed by atoms with Gasteiger partial charge in [-0.2, -0.15) is 0 Å². The summed E-state index contributed by atoms with van der Waals surface area (Å²) in [6.45, 7) is 3.49. The number of benzene rings is 1. The Labute approximate surface area is 114 Å². The lowest BCUT2D eigenvalue weighted by Gasteiger charge is -2.16. The zero-order valence-corrected chi connectivity index (χ0v) is 11.7. The second-order valence-corrected chi connectivity index (χ2v) is 4.44. The van der Waals surface area contributed by atoms with E-state index in [9.17, 15) is 4.79 Å². The van der Waals surface area contributed by atoms with Gasteiger partial charge in [-0.3, -0.25) is 4.90 Å². The third-order valence-corrected chi connectivity index (χ3v) is 2.86. The van der Waals surface area contributed by atoms with Gasteiger partial charge in [-0.25, -0.2) is 4.79 Å². The lowest BCUT2D eigenvalue weighted by molar-refractivity contribution is -0.131. The van der Waals surface area contributed by atoms with Gasteiger partial charge in [0, 0.05) is 19.2 Å². The van der Waals surface area contributed by atoms with E-state index < -0.39 is 5.97 Å². The van der Waals surface area contributed by atoms with Crippen LogP contribution < -0.4 is 4.74 Å². The summed E-state index contributed by atoms with van der Waals surface area (Å²) < 4.78 is 5.30. The fourth-order valence-electron chi connectivity index (χ4n) is 1.92. The van der Waals surface area contributed by atoms with Crippen molar-refractivity contribution in [2.75, 3.05) is 20.7 Å². The Kier molecular flexibility index (Phi) is 6.09. The van der Waals surface area contributed by atoms with E-state index in [1.54, 1.807) is 13.2 Å². The summed E-state index contributed by atoms with van der Waals surface area (Å²) in [4.78, 5) is 12.4. The van der Waals surface area contributed by atoms with Gasteiger partial charge in [-0.05, 0) is 30.7 Å². The molecule has 0 radical (unpaired) electrons. The molecule has 0 bridgehead atoms. The van der Waals surface area contributed by atoms with Gasteiger partial charge >= 0.3 is 5.97 Å². The van der Waals surface area contributed by atoms with E-state index in [0.717, 1.165) is 18.7 Å². The molecule has 4 nitrogen and oxygen atoms in total. The molecule has 104 valence electrons. The lowest BCUT2D eigenvalue weighted by Crippen LogP contribution is -2.18. The number of aliphatic carboxylic acids is 1. The second-order valence-electron chi connectivity index (χ2n) is 4.44. The molecule has 1 aromatic rings. The van der Waals surface area contributed by atoms with Crippen LogP contribution in [0.4, 0.5) is 0 Å². The van der Waals surface area contributed by atoms with Crippen molar-refractivity contribution in [3.63, 3.8) is 0 Å². The highest BCUT2D eigenvalue weighted by Crippen LogP contribution is 2.20. The molecule has 1 rings (SSSR count). The summed E-state index contributed by atoms with van der Waals surface area (Å²) in [6, 6.07) is 6.15. The van der Waals surface area contributed by atoms with E-state index in [1.807, 2.05) is 19.2 Å². The maximum Gasteiger partial charge on any atom is 0.328 e. The van der Waals surface area contributed by atoms with E-state index in [1.165, 1.54) is 17.2 Å². The van der Waals surface area contributed by atoms with Crippen LogP contribution in [0.15, 0.2) is 30.4 Å². The van der Waals surface area contributed by atoms with Crippen molar-refractivity contribution in [1.82, 2.24) is 4.90 Å². The minimum atomic E-state index is -0.911. The molecule has 0 aliphatic heterocycles. The topological polar surface area (TPSA) is 49.8 Å². The van der Waals surface area contributed by atoms with Gasteiger partial charge in [-0.15, -0.1) is 0 Å². The first-order chi connectivity index (χ1) is 9.06. The third kappa shape index (κ3) is 5.14. The second kappa shape index (κ2) is 7.59. The number of hydrogen-bond acceptors (Lipinski definition) is 3. The van der Waals surface area contributed by atoms with Crippen molar-refractivity contribution in [2.45, 2.75) is 19.9 Å². The number of carbonyl (C=O) groups is 1. The molecular formula is C15H21NO3. The molecular weight excluding hydrogens is 242 g/mol. The predicted octanol–water partition coefficient (Wildman–Crippen LogP) is 2.33. The van der Waals surface area contributed by atoms with Crippen LogP contribution in [-0.2, 0) is 17.8 Å². The van der Waals surface area contributed by atoms with E-state index in [2.05, 4.69) is 17.9 Å². The van der Waals surface area contributed by atoms with Crippen molar-refractivity contribution in [1.29, 1.82) is 0 Å². The quantitative estimate of drug-likeness (QED) is 0.767. The zero-order chi connectivity index (χ0) is 14.3. The largest absolute Gasteiger partial charge is 0.496 e. The monoisotopic (exact) mass is 263 g/mol. The van der Waals surface area contributed by atoms with Crippen molar-refractivity contribution < 1.29 is 14.6 Å². The fourth-order valence-corrected chi connectivity index (χ4v) is 1.92. The van der Waals surface area contributed by atoms with Gasteiger partial charge in [0.15, 0.2) is 0 Å². The number of carboxylic acid groups (broad SMARTS) is 1. The van der Waals surface area contributed by atoms with Crippen LogP contribution in [0.1, 0.15) is 18.1 Å². The first-order valence-electron chi connectivity index (χ1n) is 6.30. The van der Waals surface area contributed by atoms with E-state index in [4.69, 9.17) is 9.84 Å². The number of nitrogens with zero attached hydrogens (tertiary/aromatic N) is 1. The van der Waals surface area contributed by atoms with Crippen molar-refractivity contribution in [2.24, 2.45) is 0 Å². The summed E-state index contributed by atoms with van der Waals surface area (Å²) in [5, 5.41) is 8.52. The molecule has 0 aliphatic rings. The van der Waals surface area contributed by atoms with Crippen LogP contribution in [0.2, 0.25) is 0 Å². The van der Waals surface area contributed by atoms with Crippen LogP contribution in [0.3, 0.4) is 0 Å². The Balaban J connectivity index is 2.64.